The molecule has 0 unspecified atom stereocenters. The number of rotatable bonds is 6. The fourth-order valence-corrected chi connectivity index (χ4v) is 2.21. The van der Waals surface area contributed by atoms with Crippen molar-refractivity contribution in [1.29, 1.82) is 0 Å². The number of anilines is 1. The molecule has 0 saturated carbocycles. The minimum Gasteiger partial charge on any atom is -0.507 e. The molecular formula is C18H18N2O5. The van der Waals surface area contributed by atoms with E-state index < -0.39 is 11.3 Å². The first-order chi connectivity index (χ1) is 11.9. The van der Waals surface area contributed by atoms with Crippen molar-refractivity contribution in [2.45, 2.75) is 6.92 Å². The number of carbonyl (C=O) groups is 2. The molecular weight excluding hydrogens is 324 g/mol. The number of hydrogen-bond acceptors (Lipinski definition) is 5. The van der Waals surface area contributed by atoms with Crippen LogP contribution in [0.1, 0.15) is 21.6 Å². The van der Waals surface area contributed by atoms with E-state index >= 15 is 0 Å². The van der Waals surface area contributed by atoms with Gasteiger partial charge < -0.3 is 20.1 Å². The van der Waals surface area contributed by atoms with Gasteiger partial charge in [-0.25, -0.2) is 0 Å². The predicted molar refractivity (Wildman–Crippen MR) is 93.8 cm³/mol. The molecule has 2 aromatic rings. The van der Waals surface area contributed by atoms with E-state index in [1.807, 2.05) is 0 Å². The number of nitrogens with one attached hydrogen (secondary N) is 2. The van der Waals surface area contributed by atoms with Gasteiger partial charge in [0.2, 0.25) is 5.91 Å². The van der Waals surface area contributed by atoms with Crippen LogP contribution in [-0.2, 0) is 9.53 Å². The number of aromatic hydroxyl groups is 1. The van der Waals surface area contributed by atoms with Crippen molar-refractivity contribution in [2.24, 2.45) is 0 Å². The first kappa shape index (κ1) is 18.2. The summed E-state index contributed by atoms with van der Waals surface area (Å²) in [4.78, 5) is 38.0. The van der Waals surface area contributed by atoms with Crippen LogP contribution in [0.2, 0.25) is 0 Å². The quantitative estimate of drug-likeness (QED) is 0.548. The summed E-state index contributed by atoms with van der Waals surface area (Å²) < 4.78 is 4.74. The Morgan fingerprint density at radius 1 is 1.32 bits per heavy atom. The summed E-state index contributed by atoms with van der Waals surface area (Å²) in [6.07, 6.45) is 2.68. The lowest BCUT2D eigenvalue weighted by Crippen LogP contribution is -2.17. The van der Waals surface area contributed by atoms with E-state index in [4.69, 9.17) is 4.74 Å². The highest BCUT2D eigenvalue weighted by Gasteiger charge is 2.13. The number of pyridine rings is 1. The van der Waals surface area contributed by atoms with Crippen molar-refractivity contribution in [1.82, 2.24) is 4.98 Å². The number of carbonyl (C=O) groups excluding carboxylic acids is 2. The van der Waals surface area contributed by atoms with Crippen molar-refractivity contribution in [3.63, 3.8) is 0 Å². The number of amides is 1. The lowest BCUT2D eigenvalue weighted by atomic mass is 10.1. The maximum Gasteiger partial charge on any atom is 0.263 e. The lowest BCUT2D eigenvalue weighted by Gasteiger charge is -2.05. The molecule has 1 aromatic heterocycles. The van der Waals surface area contributed by atoms with Gasteiger partial charge in [0.25, 0.3) is 5.56 Å². The molecule has 0 atom stereocenters. The zero-order valence-electron chi connectivity index (χ0n) is 13.8. The molecule has 0 spiro atoms. The smallest absolute Gasteiger partial charge is 0.263 e. The van der Waals surface area contributed by atoms with Crippen LogP contribution >= 0.6 is 0 Å². The van der Waals surface area contributed by atoms with Crippen molar-refractivity contribution in [3.8, 4) is 5.75 Å². The molecule has 2 rings (SSSR count). The highest BCUT2D eigenvalue weighted by molar-refractivity contribution is 6.08. The van der Waals surface area contributed by atoms with E-state index in [0.717, 1.165) is 0 Å². The molecule has 0 fully saturated rings. The maximum absolute atomic E-state index is 12.2. The molecule has 0 aliphatic carbocycles. The van der Waals surface area contributed by atoms with Crippen LogP contribution < -0.4 is 10.9 Å². The van der Waals surface area contributed by atoms with Gasteiger partial charge in [-0.15, -0.1) is 0 Å². The van der Waals surface area contributed by atoms with Gasteiger partial charge in [0, 0.05) is 18.5 Å². The fourth-order valence-electron chi connectivity index (χ4n) is 2.21. The third-order valence-corrected chi connectivity index (χ3v) is 3.27. The van der Waals surface area contributed by atoms with Crippen LogP contribution in [0, 0.1) is 6.92 Å². The van der Waals surface area contributed by atoms with E-state index in [-0.39, 0.29) is 23.8 Å². The van der Waals surface area contributed by atoms with E-state index in [9.17, 15) is 19.5 Å². The Balaban J connectivity index is 2.18. The fraction of sp³-hybridized carbons (Fsp3) is 0.167. The zero-order chi connectivity index (χ0) is 18.4. The van der Waals surface area contributed by atoms with Crippen LogP contribution in [0.25, 0.3) is 6.08 Å². The summed E-state index contributed by atoms with van der Waals surface area (Å²) in [5.41, 5.74) is 0.695. The Kier molecular flexibility index (Phi) is 5.86. The number of methoxy groups -OCH3 is 1. The number of aromatic amines is 1. The van der Waals surface area contributed by atoms with Gasteiger partial charge in [0.05, 0.1) is 0 Å². The summed E-state index contributed by atoms with van der Waals surface area (Å²) in [7, 11) is 1.42. The monoisotopic (exact) mass is 342 g/mol. The van der Waals surface area contributed by atoms with Gasteiger partial charge in [-0.3, -0.25) is 14.4 Å². The topological polar surface area (TPSA) is 108 Å². The number of ketones is 1. The summed E-state index contributed by atoms with van der Waals surface area (Å²) >= 11 is 0. The summed E-state index contributed by atoms with van der Waals surface area (Å²) in [5.74, 6) is -1.28. The van der Waals surface area contributed by atoms with Crippen LogP contribution in [-0.4, -0.2) is 35.5 Å². The molecule has 0 radical (unpaired) electrons. The number of benzene rings is 1. The Hall–Kier alpha value is -3.19. The van der Waals surface area contributed by atoms with Crippen LogP contribution in [0.5, 0.6) is 5.75 Å². The standard InChI is InChI=1S/C18H18N2O5/c1-11-8-15(22)17(18(24)19-11)14(21)7-6-12-4-3-5-13(9-12)20-16(23)10-25-2/h3-9H,10H2,1-2H3,(H,20,23)(H2,19,22,24)/b7-6+. The van der Waals surface area contributed by atoms with Gasteiger partial charge in [0.15, 0.2) is 5.78 Å². The van der Waals surface area contributed by atoms with Gasteiger partial charge in [0.1, 0.15) is 17.9 Å². The van der Waals surface area contributed by atoms with Crippen molar-refractivity contribution in [2.75, 3.05) is 19.0 Å². The molecule has 7 nitrogen and oxygen atoms in total. The molecule has 0 aliphatic heterocycles. The Bertz CT molecular complexity index is 883. The highest BCUT2D eigenvalue weighted by Crippen LogP contribution is 2.16. The van der Waals surface area contributed by atoms with Crippen LogP contribution in [0.15, 0.2) is 41.2 Å². The number of ether oxygens (including phenoxy) is 1. The lowest BCUT2D eigenvalue weighted by molar-refractivity contribution is -0.119. The minimum absolute atomic E-state index is 0.0615. The SMILES string of the molecule is COCC(=O)Nc1cccc(/C=C/C(=O)c2c(O)cc(C)[nH]c2=O)c1. The van der Waals surface area contributed by atoms with E-state index in [1.165, 1.54) is 25.3 Å². The van der Waals surface area contributed by atoms with Crippen molar-refractivity contribution in [3.05, 3.63) is 63.6 Å². The maximum atomic E-state index is 12.2. The number of hydrogen-bond donors (Lipinski definition) is 3. The molecule has 0 bridgehead atoms. The minimum atomic E-state index is -0.646. The molecule has 0 saturated heterocycles. The summed E-state index contributed by atoms with van der Waals surface area (Å²) in [6.45, 7) is 1.54. The van der Waals surface area contributed by atoms with Gasteiger partial charge >= 0.3 is 0 Å². The largest absolute Gasteiger partial charge is 0.507 e. The Labute approximate surface area is 144 Å². The Morgan fingerprint density at radius 3 is 2.76 bits per heavy atom. The average Bonchev–Trinajstić information content (AvgIpc) is 2.52. The third kappa shape index (κ3) is 4.89. The first-order valence-electron chi connectivity index (χ1n) is 7.45. The van der Waals surface area contributed by atoms with Gasteiger partial charge in [-0.1, -0.05) is 18.2 Å². The average molecular weight is 342 g/mol. The molecule has 1 amide bonds. The van der Waals surface area contributed by atoms with E-state index in [2.05, 4.69) is 10.3 Å². The molecule has 1 aromatic carbocycles. The second-order valence-corrected chi connectivity index (χ2v) is 5.35. The predicted octanol–water partition coefficient (Wildman–Crippen LogP) is 1.87. The second-order valence-electron chi connectivity index (χ2n) is 5.35. The number of aromatic nitrogens is 1. The molecule has 0 aliphatic rings. The number of H-pyrrole nitrogens is 1. The summed E-state index contributed by atoms with van der Waals surface area (Å²) in [6, 6.07) is 8.12. The van der Waals surface area contributed by atoms with Crippen LogP contribution in [0.3, 0.4) is 0 Å². The number of allylic oxidation sites excluding steroid dienone is 1. The summed E-state index contributed by atoms with van der Waals surface area (Å²) in [5, 5.41) is 12.4. The normalized spacial score (nSPS) is 10.8. The van der Waals surface area contributed by atoms with Crippen molar-refractivity contribution >= 4 is 23.5 Å². The molecule has 7 heteroatoms. The van der Waals surface area contributed by atoms with E-state index in [1.54, 1.807) is 31.2 Å². The Morgan fingerprint density at radius 2 is 2.08 bits per heavy atom. The number of aryl methyl sites for hydroxylation is 1. The molecule has 130 valence electrons. The van der Waals surface area contributed by atoms with Gasteiger partial charge in [-0.05, 0) is 36.8 Å². The third-order valence-electron chi connectivity index (χ3n) is 3.27. The second kappa shape index (κ2) is 8.07. The highest BCUT2D eigenvalue weighted by atomic mass is 16.5. The first-order valence-corrected chi connectivity index (χ1v) is 7.45. The van der Waals surface area contributed by atoms with Crippen LogP contribution in [0.4, 0.5) is 5.69 Å². The molecule has 1 heterocycles. The zero-order valence-corrected chi connectivity index (χ0v) is 13.8. The molecule has 25 heavy (non-hydrogen) atoms. The van der Waals surface area contributed by atoms with E-state index in [0.29, 0.717) is 16.9 Å². The van der Waals surface area contributed by atoms with Crippen molar-refractivity contribution < 1.29 is 19.4 Å². The van der Waals surface area contributed by atoms with Gasteiger partial charge in [-0.2, -0.15) is 0 Å². The molecule has 3 N–H and O–H groups in total.